The van der Waals surface area contributed by atoms with Crippen LogP contribution in [0.4, 0.5) is 0 Å². The molecule has 1 N–H and O–H groups in total. The van der Waals surface area contributed by atoms with Crippen LogP contribution in [-0.2, 0) is 0 Å². The summed E-state index contributed by atoms with van der Waals surface area (Å²) in [6, 6.07) is 13.1. The highest BCUT2D eigenvalue weighted by Crippen LogP contribution is 2.26. The van der Waals surface area contributed by atoms with Gasteiger partial charge in [0.25, 0.3) is 5.91 Å². The summed E-state index contributed by atoms with van der Waals surface area (Å²) in [5, 5.41) is 6.33. The Labute approximate surface area is 141 Å². The van der Waals surface area contributed by atoms with Gasteiger partial charge in [-0.15, -0.1) is 11.3 Å². The van der Waals surface area contributed by atoms with Crippen LogP contribution in [0.15, 0.2) is 62.9 Å². The second kappa shape index (κ2) is 5.98. The molecule has 3 heterocycles. The number of rotatable bonds is 4. The predicted octanol–water partition coefficient (Wildman–Crippen LogP) is 4.64. The van der Waals surface area contributed by atoms with Crippen LogP contribution in [0.3, 0.4) is 0 Å². The van der Waals surface area contributed by atoms with Crippen LogP contribution >= 0.6 is 11.3 Å². The second-order valence-corrected chi connectivity index (χ2v) is 6.26. The Morgan fingerprint density at radius 1 is 1.25 bits per heavy atom. The van der Waals surface area contributed by atoms with Gasteiger partial charge >= 0.3 is 0 Å². The fourth-order valence-corrected chi connectivity index (χ4v) is 3.22. The first-order valence-corrected chi connectivity index (χ1v) is 8.37. The molecule has 24 heavy (non-hydrogen) atoms. The fraction of sp³-hybridized carbons (Fsp3) is 0.111. The maximum absolute atomic E-state index is 12.4. The number of nitrogens with one attached hydrogen (secondary N) is 1. The van der Waals surface area contributed by atoms with Crippen LogP contribution in [-0.4, -0.2) is 10.9 Å². The van der Waals surface area contributed by atoms with E-state index in [9.17, 15) is 4.79 Å². The Hall–Kier alpha value is -2.86. The average molecular weight is 338 g/mol. The zero-order chi connectivity index (χ0) is 16.5. The van der Waals surface area contributed by atoms with Crippen molar-refractivity contribution in [1.29, 1.82) is 0 Å². The zero-order valence-corrected chi connectivity index (χ0v) is 13.7. The van der Waals surface area contributed by atoms with E-state index >= 15 is 0 Å². The minimum Gasteiger partial charge on any atom is -0.462 e. The SMILES string of the molecule is CC(NC(=O)c1csc(-c2ccco2)n1)c1cc2ccccc2o1. The Balaban J connectivity index is 1.51. The van der Waals surface area contributed by atoms with Crippen LogP contribution in [0.1, 0.15) is 29.2 Å². The third-order valence-corrected chi connectivity index (χ3v) is 4.54. The van der Waals surface area contributed by atoms with Crippen LogP contribution in [0, 0.1) is 0 Å². The molecule has 0 radical (unpaired) electrons. The number of aromatic nitrogens is 1. The first-order chi connectivity index (χ1) is 11.7. The monoisotopic (exact) mass is 338 g/mol. The number of fused-ring (bicyclic) bond motifs is 1. The van der Waals surface area contributed by atoms with Crippen molar-refractivity contribution >= 4 is 28.2 Å². The van der Waals surface area contributed by atoms with Gasteiger partial charge in [0.05, 0.1) is 12.3 Å². The lowest BCUT2D eigenvalue weighted by Crippen LogP contribution is -2.26. The summed E-state index contributed by atoms with van der Waals surface area (Å²) in [4.78, 5) is 16.7. The van der Waals surface area contributed by atoms with Gasteiger partial charge in [-0.05, 0) is 31.2 Å². The molecule has 0 aliphatic rings. The van der Waals surface area contributed by atoms with Crippen LogP contribution in [0.5, 0.6) is 0 Å². The summed E-state index contributed by atoms with van der Waals surface area (Å²) in [5.41, 5.74) is 1.18. The van der Waals surface area contributed by atoms with E-state index in [4.69, 9.17) is 8.83 Å². The number of furan rings is 2. The van der Waals surface area contributed by atoms with Crippen molar-refractivity contribution in [3.63, 3.8) is 0 Å². The third kappa shape index (κ3) is 2.72. The number of para-hydroxylation sites is 1. The van der Waals surface area contributed by atoms with Gasteiger partial charge in [0.2, 0.25) is 0 Å². The maximum atomic E-state index is 12.4. The van der Waals surface area contributed by atoms with Crippen molar-refractivity contribution in [2.24, 2.45) is 0 Å². The normalized spacial score (nSPS) is 12.4. The van der Waals surface area contributed by atoms with Gasteiger partial charge in [0, 0.05) is 10.8 Å². The van der Waals surface area contributed by atoms with E-state index in [0.717, 1.165) is 11.0 Å². The molecule has 4 rings (SSSR count). The average Bonchev–Trinajstić information content (AvgIpc) is 3.32. The summed E-state index contributed by atoms with van der Waals surface area (Å²) in [5.74, 6) is 1.13. The fourth-order valence-electron chi connectivity index (χ4n) is 2.45. The van der Waals surface area contributed by atoms with Crippen LogP contribution in [0.2, 0.25) is 0 Å². The van der Waals surface area contributed by atoms with Gasteiger partial charge in [-0.1, -0.05) is 18.2 Å². The minimum atomic E-state index is -0.251. The number of thiazole rings is 1. The molecule has 6 heteroatoms. The minimum absolute atomic E-state index is 0.239. The molecular weight excluding hydrogens is 324 g/mol. The molecule has 1 atom stereocenters. The number of carbonyl (C=O) groups excluding carboxylic acids is 1. The molecule has 0 aliphatic carbocycles. The van der Waals surface area contributed by atoms with E-state index in [1.807, 2.05) is 43.3 Å². The van der Waals surface area contributed by atoms with Crippen molar-refractivity contribution in [2.45, 2.75) is 13.0 Å². The number of hydrogen-bond donors (Lipinski definition) is 1. The van der Waals surface area contributed by atoms with E-state index in [2.05, 4.69) is 10.3 Å². The lowest BCUT2D eigenvalue weighted by molar-refractivity contribution is 0.0931. The molecule has 0 saturated heterocycles. The molecule has 120 valence electrons. The molecular formula is C18H14N2O3S. The van der Waals surface area contributed by atoms with E-state index in [-0.39, 0.29) is 11.9 Å². The summed E-state index contributed by atoms with van der Waals surface area (Å²) < 4.78 is 11.1. The molecule has 1 unspecified atom stereocenters. The molecule has 0 bridgehead atoms. The van der Waals surface area contributed by atoms with Gasteiger partial charge in [0.1, 0.15) is 17.0 Å². The van der Waals surface area contributed by atoms with Gasteiger partial charge < -0.3 is 14.2 Å². The van der Waals surface area contributed by atoms with Crippen LogP contribution in [0.25, 0.3) is 21.7 Å². The summed E-state index contributed by atoms with van der Waals surface area (Å²) in [6.07, 6.45) is 1.58. The molecule has 1 aromatic carbocycles. The Morgan fingerprint density at radius 3 is 2.92 bits per heavy atom. The molecule has 0 aliphatic heterocycles. The Bertz CT molecular complexity index is 952. The van der Waals surface area contributed by atoms with Crippen molar-refractivity contribution in [3.8, 4) is 10.8 Å². The first kappa shape index (κ1) is 14.7. The first-order valence-electron chi connectivity index (χ1n) is 7.49. The van der Waals surface area contributed by atoms with Crippen molar-refractivity contribution in [2.75, 3.05) is 0 Å². The van der Waals surface area contributed by atoms with Gasteiger partial charge in [-0.2, -0.15) is 0 Å². The van der Waals surface area contributed by atoms with Crippen molar-refractivity contribution < 1.29 is 13.6 Å². The van der Waals surface area contributed by atoms with E-state index < -0.39 is 0 Å². The highest BCUT2D eigenvalue weighted by molar-refractivity contribution is 7.13. The summed E-state index contributed by atoms with van der Waals surface area (Å²) in [7, 11) is 0. The third-order valence-electron chi connectivity index (χ3n) is 3.69. The number of hydrogen-bond acceptors (Lipinski definition) is 5. The lowest BCUT2D eigenvalue weighted by Gasteiger charge is -2.09. The molecule has 5 nitrogen and oxygen atoms in total. The van der Waals surface area contributed by atoms with Gasteiger partial charge in [-0.3, -0.25) is 4.79 Å². The predicted molar refractivity (Wildman–Crippen MR) is 91.9 cm³/mol. The van der Waals surface area contributed by atoms with E-state index in [1.165, 1.54) is 11.3 Å². The number of amides is 1. The number of nitrogens with zero attached hydrogens (tertiary/aromatic N) is 1. The molecule has 4 aromatic rings. The van der Waals surface area contributed by atoms with Gasteiger partial charge in [-0.25, -0.2) is 4.98 Å². The Kier molecular flexibility index (Phi) is 3.66. The summed E-state index contributed by atoms with van der Waals surface area (Å²) >= 11 is 1.37. The highest BCUT2D eigenvalue weighted by atomic mass is 32.1. The molecule has 3 aromatic heterocycles. The van der Waals surface area contributed by atoms with E-state index in [0.29, 0.717) is 22.2 Å². The molecule has 0 fully saturated rings. The maximum Gasteiger partial charge on any atom is 0.271 e. The topological polar surface area (TPSA) is 68.3 Å². The van der Waals surface area contributed by atoms with Crippen molar-refractivity contribution in [1.82, 2.24) is 10.3 Å². The number of benzene rings is 1. The Morgan fingerprint density at radius 2 is 2.12 bits per heavy atom. The zero-order valence-electron chi connectivity index (χ0n) is 12.9. The standard InChI is InChI=1S/C18H14N2O3S/c1-11(16-9-12-5-2-3-6-14(12)23-16)19-17(21)13-10-24-18(20-13)15-7-4-8-22-15/h2-11H,1H3,(H,19,21). The molecule has 0 spiro atoms. The van der Waals surface area contributed by atoms with E-state index in [1.54, 1.807) is 17.7 Å². The molecule has 1 amide bonds. The van der Waals surface area contributed by atoms with Crippen molar-refractivity contribution in [3.05, 3.63) is 65.6 Å². The van der Waals surface area contributed by atoms with Gasteiger partial charge in [0.15, 0.2) is 10.8 Å². The smallest absolute Gasteiger partial charge is 0.271 e. The van der Waals surface area contributed by atoms with Crippen LogP contribution < -0.4 is 5.32 Å². The number of carbonyl (C=O) groups is 1. The largest absolute Gasteiger partial charge is 0.462 e. The second-order valence-electron chi connectivity index (χ2n) is 5.40. The molecule has 0 saturated carbocycles. The summed E-state index contributed by atoms with van der Waals surface area (Å²) in [6.45, 7) is 1.88. The quantitative estimate of drug-likeness (QED) is 0.588. The lowest BCUT2D eigenvalue weighted by atomic mass is 10.2. The highest BCUT2D eigenvalue weighted by Gasteiger charge is 2.18.